The first kappa shape index (κ1) is 14.7. The maximum Gasteiger partial charge on any atom is 0.123 e. The van der Waals surface area contributed by atoms with Gasteiger partial charge in [0.1, 0.15) is 5.82 Å². The van der Waals surface area contributed by atoms with E-state index in [1.807, 2.05) is 23.1 Å². The molecule has 0 aliphatic heterocycles. The van der Waals surface area contributed by atoms with E-state index in [0.717, 1.165) is 29.7 Å². The Hall–Kier alpha value is -1.68. The minimum atomic E-state index is -0.199. The van der Waals surface area contributed by atoms with Gasteiger partial charge in [-0.1, -0.05) is 26.8 Å². The molecule has 0 amide bonds. The molecule has 0 unspecified atom stereocenters. The Labute approximate surface area is 119 Å². The van der Waals surface area contributed by atoms with Crippen molar-refractivity contribution in [2.24, 2.45) is 0 Å². The third-order valence-corrected chi connectivity index (χ3v) is 3.17. The lowest BCUT2D eigenvalue weighted by Gasteiger charge is -2.12. The molecular formula is C16H22FN3. The van der Waals surface area contributed by atoms with E-state index in [9.17, 15) is 4.39 Å². The maximum absolute atomic E-state index is 13.5. The number of rotatable bonds is 6. The van der Waals surface area contributed by atoms with Gasteiger partial charge in [-0.25, -0.2) is 4.39 Å². The minimum Gasteiger partial charge on any atom is -0.310 e. The highest BCUT2D eigenvalue weighted by Gasteiger charge is 2.09. The van der Waals surface area contributed by atoms with Crippen LogP contribution in [0.3, 0.4) is 0 Å². The molecule has 1 heterocycles. The molecule has 0 saturated carbocycles. The summed E-state index contributed by atoms with van der Waals surface area (Å²) in [6.07, 6.45) is 4.92. The highest BCUT2D eigenvalue weighted by atomic mass is 19.1. The molecule has 108 valence electrons. The normalized spacial score (nSPS) is 11.2. The average molecular weight is 275 g/mol. The molecule has 0 bridgehead atoms. The van der Waals surface area contributed by atoms with Crippen LogP contribution >= 0.6 is 0 Å². The Bertz CT molecular complexity index is 561. The lowest BCUT2D eigenvalue weighted by Crippen LogP contribution is -2.22. The second-order valence-electron chi connectivity index (χ2n) is 5.33. The third-order valence-electron chi connectivity index (χ3n) is 3.17. The van der Waals surface area contributed by atoms with Crippen LogP contribution in [0.1, 0.15) is 32.8 Å². The van der Waals surface area contributed by atoms with Crippen molar-refractivity contribution in [1.82, 2.24) is 15.1 Å². The van der Waals surface area contributed by atoms with Crippen LogP contribution in [0.25, 0.3) is 11.1 Å². The third kappa shape index (κ3) is 3.67. The Kier molecular flexibility index (Phi) is 4.90. The zero-order valence-electron chi connectivity index (χ0n) is 12.4. The van der Waals surface area contributed by atoms with Gasteiger partial charge in [0.05, 0.1) is 6.20 Å². The van der Waals surface area contributed by atoms with E-state index >= 15 is 0 Å². The zero-order valence-corrected chi connectivity index (χ0v) is 12.4. The van der Waals surface area contributed by atoms with E-state index in [0.29, 0.717) is 12.6 Å². The highest BCUT2D eigenvalue weighted by Crippen LogP contribution is 2.24. The number of nitrogens with zero attached hydrogens (tertiary/aromatic N) is 2. The van der Waals surface area contributed by atoms with Crippen molar-refractivity contribution in [3.63, 3.8) is 0 Å². The number of hydrogen-bond donors (Lipinski definition) is 1. The predicted octanol–water partition coefficient (Wildman–Crippen LogP) is 3.60. The van der Waals surface area contributed by atoms with Crippen LogP contribution in [0.5, 0.6) is 0 Å². The van der Waals surface area contributed by atoms with Gasteiger partial charge < -0.3 is 5.32 Å². The zero-order chi connectivity index (χ0) is 14.5. The van der Waals surface area contributed by atoms with Crippen LogP contribution in [0, 0.1) is 5.82 Å². The predicted molar refractivity (Wildman–Crippen MR) is 79.9 cm³/mol. The number of benzene rings is 1. The molecule has 1 aromatic heterocycles. The molecule has 2 aromatic rings. The van der Waals surface area contributed by atoms with E-state index in [2.05, 4.69) is 31.2 Å². The summed E-state index contributed by atoms with van der Waals surface area (Å²) in [5.74, 6) is -0.199. The Morgan fingerprint density at radius 3 is 2.85 bits per heavy atom. The number of hydrogen-bond acceptors (Lipinski definition) is 2. The fourth-order valence-corrected chi connectivity index (χ4v) is 2.16. The first-order chi connectivity index (χ1) is 9.60. The van der Waals surface area contributed by atoms with Crippen LogP contribution in [0.15, 0.2) is 30.6 Å². The van der Waals surface area contributed by atoms with E-state index in [-0.39, 0.29) is 5.82 Å². The number of aromatic nitrogens is 2. The van der Waals surface area contributed by atoms with E-state index in [1.54, 1.807) is 6.07 Å². The number of nitrogens with one attached hydrogen (secondary N) is 1. The largest absolute Gasteiger partial charge is 0.310 e. The van der Waals surface area contributed by atoms with Gasteiger partial charge in [-0.2, -0.15) is 5.10 Å². The first-order valence-electron chi connectivity index (χ1n) is 7.14. The molecular weight excluding hydrogens is 253 g/mol. The van der Waals surface area contributed by atoms with Crippen molar-refractivity contribution in [3.8, 4) is 11.1 Å². The second kappa shape index (κ2) is 6.66. The molecule has 0 fully saturated rings. The lowest BCUT2D eigenvalue weighted by atomic mass is 10.0. The first-order valence-corrected chi connectivity index (χ1v) is 7.14. The molecule has 20 heavy (non-hydrogen) atoms. The van der Waals surface area contributed by atoms with Crippen molar-refractivity contribution in [2.45, 2.75) is 46.3 Å². The monoisotopic (exact) mass is 275 g/mol. The molecule has 0 aliphatic carbocycles. The molecule has 0 spiro atoms. The summed E-state index contributed by atoms with van der Waals surface area (Å²) in [4.78, 5) is 0. The van der Waals surface area contributed by atoms with E-state index in [4.69, 9.17) is 0 Å². The molecule has 0 radical (unpaired) electrons. The Balaban J connectivity index is 2.28. The molecule has 0 atom stereocenters. The summed E-state index contributed by atoms with van der Waals surface area (Å²) in [5.41, 5.74) is 3.05. The van der Waals surface area contributed by atoms with Gasteiger partial charge in [-0.15, -0.1) is 0 Å². The molecule has 1 aromatic carbocycles. The molecule has 3 nitrogen and oxygen atoms in total. The quantitative estimate of drug-likeness (QED) is 0.873. The minimum absolute atomic E-state index is 0.199. The van der Waals surface area contributed by atoms with Crippen LogP contribution < -0.4 is 5.32 Å². The van der Waals surface area contributed by atoms with Crippen molar-refractivity contribution in [1.29, 1.82) is 0 Å². The molecule has 4 heteroatoms. The topological polar surface area (TPSA) is 29.9 Å². The number of halogens is 1. The van der Waals surface area contributed by atoms with Crippen LogP contribution in [0.4, 0.5) is 4.39 Å². The summed E-state index contributed by atoms with van der Waals surface area (Å²) in [7, 11) is 0. The fraction of sp³-hybridized carbons (Fsp3) is 0.438. The average Bonchev–Trinajstić information content (AvgIpc) is 2.85. The van der Waals surface area contributed by atoms with Crippen molar-refractivity contribution >= 4 is 0 Å². The van der Waals surface area contributed by atoms with Crippen molar-refractivity contribution in [3.05, 3.63) is 42.0 Å². The summed E-state index contributed by atoms with van der Waals surface area (Å²) in [6.45, 7) is 7.85. The van der Waals surface area contributed by atoms with Gasteiger partial charge in [-0.05, 0) is 29.7 Å². The molecule has 0 saturated heterocycles. The van der Waals surface area contributed by atoms with Gasteiger partial charge in [0.2, 0.25) is 0 Å². The van der Waals surface area contributed by atoms with E-state index in [1.165, 1.54) is 6.07 Å². The summed E-state index contributed by atoms with van der Waals surface area (Å²) in [6, 6.07) is 5.31. The standard InChI is InChI=1S/C16H22FN3/c1-4-7-20-11-14(10-19-20)16-6-5-15(17)8-13(16)9-18-12(2)3/h5-6,8,10-12,18H,4,7,9H2,1-3H3. The van der Waals surface area contributed by atoms with Gasteiger partial charge in [0, 0.05) is 30.9 Å². The highest BCUT2D eigenvalue weighted by molar-refractivity contribution is 5.66. The van der Waals surface area contributed by atoms with E-state index < -0.39 is 0 Å². The Morgan fingerprint density at radius 1 is 1.35 bits per heavy atom. The van der Waals surface area contributed by atoms with Gasteiger partial charge in [0.15, 0.2) is 0 Å². The molecule has 1 N–H and O–H groups in total. The van der Waals surface area contributed by atoms with Crippen molar-refractivity contribution in [2.75, 3.05) is 0 Å². The van der Waals surface area contributed by atoms with Crippen LogP contribution in [-0.2, 0) is 13.1 Å². The van der Waals surface area contributed by atoms with Gasteiger partial charge in [-0.3, -0.25) is 4.68 Å². The second-order valence-corrected chi connectivity index (χ2v) is 5.33. The van der Waals surface area contributed by atoms with Crippen molar-refractivity contribution < 1.29 is 4.39 Å². The summed E-state index contributed by atoms with van der Waals surface area (Å²) >= 11 is 0. The summed E-state index contributed by atoms with van der Waals surface area (Å²) in [5, 5.41) is 7.68. The molecule has 0 aliphatic rings. The van der Waals surface area contributed by atoms with Gasteiger partial charge >= 0.3 is 0 Å². The SMILES string of the molecule is CCCn1cc(-c2ccc(F)cc2CNC(C)C)cn1. The fourth-order valence-electron chi connectivity index (χ4n) is 2.16. The number of aryl methyl sites for hydroxylation is 1. The lowest BCUT2D eigenvalue weighted by molar-refractivity contribution is 0.582. The maximum atomic E-state index is 13.5. The molecule has 2 rings (SSSR count). The van der Waals surface area contributed by atoms with Gasteiger partial charge in [0.25, 0.3) is 0 Å². The van der Waals surface area contributed by atoms with Crippen LogP contribution in [0.2, 0.25) is 0 Å². The smallest absolute Gasteiger partial charge is 0.123 e. The summed E-state index contributed by atoms with van der Waals surface area (Å²) < 4.78 is 15.4. The van der Waals surface area contributed by atoms with Crippen LogP contribution in [-0.4, -0.2) is 15.8 Å². The Morgan fingerprint density at radius 2 is 2.15 bits per heavy atom.